The van der Waals surface area contributed by atoms with Crippen LogP contribution in [0, 0.1) is 0 Å². The van der Waals surface area contributed by atoms with E-state index in [-0.39, 0.29) is 5.57 Å². The number of hydrogen-bond acceptors (Lipinski definition) is 5. The number of likely N-dealkylation sites (tertiary alicyclic amines) is 1. The lowest BCUT2D eigenvalue weighted by atomic mass is 9.95. The van der Waals surface area contributed by atoms with Gasteiger partial charge in [0.2, 0.25) is 5.78 Å². The van der Waals surface area contributed by atoms with Gasteiger partial charge in [0.25, 0.3) is 5.91 Å². The van der Waals surface area contributed by atoms with Crippen LogP contribution in [0.4, 0.5) is 0 Å². The second kappa shape index (κ2) is 11.0. The maximum atomic E-state index is 13.4. The van der Waals surface area contributed by atoms with E-state index in [9.17, 15) is 14.7 Å². The number of Topliss-reactive ketones (excluding diaryl/α,β-unsaturated/α-hetero) is 1. The molecule has 0 saturated carbocycles. The normalized spacial score (nSPS) is 17.6. The molecule has 2 aromatic rings. The molecule has 1 aliphatic heterocycles. The molecule has 0 aromatic heterocycles. The van der Waals surface area contributed by atoms with Crippen molar-refractivity contribution in [2.45, 2.75) is 26.3 Å². The molecule has 3 rings (SSSR count). The van der Waals surface area contributed by atoms with Gasteiger partial charge in [-0.3, -0.25) is 9.59 Å². The Hall–Kier alpha value is -3.32. The van der Waals surface area contributed by atoms with Crippen LogP contribution < -0.4 is 19.5 Å². The van der Waals surface area contributed by atoms with Gasteiger partial charge in [-0.2, -0.15) is 0 Å². The minimum Gasteiger partial charge on any atom is -0.872 e. The number of ether oxygens (including phenoxy) is 2. The first-order valence-electron chi connectivity index (χ1n) is 11.4. The van der Waals surface area contributed by atoms with E-state index in [1.165, 1.54) is 9.80 Å². The van der Waals surface area contributed by atoms with E-state index >= 15 is 0 Å². The average molecular weight is 453 g/mol. The summed E-state index contributed by atoms with van der Waals surface area (Å²) >= 11 is 0. The third kappa shape index (κ3) is 5.54. The lowest BCUT2D eigenvalue weighted by Gasteiger charge is -2.28. The van der Waals surface area contributed by atoms with Gasteiger partial charge >= 0.3 is 0 Å². The van der Waals surface area contributed by atoms with Crippen molar-refractivity contribution in [1.82, 2.24) is 4.90 Å². The molecule has 0 spiro atoms. The number of hydrogen-bond donors (Lipinski definition) is 1. The van der Waals surface area contributed by atoms with Crippen LogP contribution in [0.15, 0.2) is 54.1 Å². The molecule has 0 aliphatic carbocycles. The number of ketones is 1. The molecule has 176 valence electrons. The molecule has 1 fully saturated rings. The number of amides is 1. The molecule has 1 saturated heterocycles. The van der Waals surface area contributed by atoms with Gasteiger partial charge in [0, 0.05) is 18.5 Å². The Morgan fingerprint density at radius 1 is 0.939 bits per heavy atom. The van der Waals surface area contributed by atoms with Gasteiger partial charge < -0.3 is 24.4 Å². The largest absolute Gasteiger partial charge is 0.872 e. The molecule has 1 heterocycles. The second-order valence-electron chi connectivity index (χ2n) is 8.24. The van der Waals surface area contributed by atoms with Crippen molar-refractivity contribution in [3.05, 3.63) is 65.2 Å². The van der Waals surface area contributed by atoms with E-state index in [0.717, 1.165) is 13.0 Å². The smallest absolute Gasteiger partial charge is 0.295 e. The molecule has 0 radical (unpaired) electrons. The summed E-state index contributed by atoms with van der Waals surface area (Å²) in [6.07, 6.45) is 0.722. The Bertz CT molecular complexity index is 996. The number of benzene rings is 2. The summed E-state index contributed by atoms with van der Waals surface area (Å²) in [6, 6.07) is 13.2. The zero-order chi connectivity index (χ0) is 24.0. The number of nitrogens with one attached hydrogen (secondary N) is 1. The van der Waals surface area contributed by atoms with E-state index in [0.29, 0.717) is 42.4 Å². The van der Waals surface area contributed by atoms with Gasteiger partial charge in [0.1, 0.15) is 11.5 Å². The summed E-state index contributed by atoms with van der Waals surface area (Å²) in [7, 11) is 4.07. The lowest BCUT2D eigenvalue weighted by molar-refractivity contribution is -0.858. The quantitative estimate of drug-likeness (QED) is 0.333. The molecule has 2 aromatic carbocycles. The topological polar surface area (TPSA) is 83.3 Å². The molecule has 1 N–H and O–H groups in total. The van der Waals surface area contributed by atoms with Gasteiger partial charge in [0.05, 0.1) is 39.9 Å². The zero-order valence-electron chi connectivity index (χ0n) is 19.7. The zero-order valence-corrected chi connectivity index (χ0v) is 19.7. The summed E-state index contributed by atoms with van der Waals surface area (Å²) in [5.41, 5.74) is 1.06. The predicted octanol–water partition coefficient (Wildman–Crippen LogP) is 1.24. The van der Waals surface area contributed by atoms with Crippen molar-refractivity contribution in [2.75, 3.05) is 40.4 Å². The second-order valence-corrected chi connectivity index (χ2v) is 8.24. The van der Waals surface area contributed by atoms with Crippen LogP contribution in [-0.2, 0) is 9.59 Å². The van der Waals surface area contributed by atoms with Crippen molar-refractivity contribution in [1.29, 1.82) is 0 Å². The molecule has 1 amide bonds. The fourth-order valence-corrected chi connectivity index (χ4v) is 3.99. The first kappa shape index (κ1) is 24.3. The van der Waals surface area contributed by atoms with Crippen molar-refractivity contribution < 1.29 is 29.1 Å². The monoisotopic (exact) mass is 452 g/mol. The highest BCUT2D eigenvalue weighted by Gasteiger charge is 2.43. The molecular formula is C26H32N2O5. The van der Waals surface area contributed by atoms with Crippen LogP contribution >= 0.6 is 0 Å². The minimum absolute atomic E-state index is 0.00878. The molecule has 1 unspecified atom stereocenters. The summed E-state index contributed by atoms with van der Waals surface area (Å²) in [6.45, 7) is 6.07. The van der Waals surface area contributed by atoms with Crippen molar-refractivity contribution >= 4 is 17.4 Å². The molecule has 33 heavy (non-hydrogen) atoms. The minimum atomic E-state index is -0.732. The molecule has 7 nitrogen and oxygen atoms in total. The van der Waals surface area contributed by atoms with Gasteiger partial charge in [-0.05, 0) is 49.2 Å². The van der Waals surface area contributed by atoms with Crippen LogP contribution in [0.25, 0.3) is 5.76 Å². The Labute approximate surface area is 195 Å². The van der Waals surface area contributed by atoms with Crippen LogP contribution in [0.3, 0.4) is 0 Å². The Morgan fingerprint density at radius 2 is 1.48 bits per heavy atom. The molecule has 0 bridgehead atoms. The van der Waals surface area contributed by atoms with Crippen LogP contribution in [0.1, 0.15) is 37.4 Å². The van der Waals surface area contributed by atoms with E-state index in [2.05, 4.69) is 0 Å². The first-order chi connectivity index (χ1) is 15.9. The number of rotatable bonds is 10. The Balaban J connectivity index is 2.03. The predicted molar refractivity (Wildman–Crippen MR) is 124 cm³/mol. The number of carbonyl (C=O) groups is 2. The summed E-state index contributed by atoms with van der Waals surface area (Å²) in [5, 5.41) is 13.4. The third-order valence-corrected chi connectivity index (χ3v) is 5.54. The van der Waals surface area contributed by atoms with Crippen molar-refractivity contribution in [3.63, 3.8) is 0 Å². The number of quaternary nitrogens is 1. The van der Waals surface area contributed by atoms with E-state index in [1.807, 2.05) is 40.1 Å². The number of nitrogens with zero attached hydrogens (tertiary/aromatic N) is 1. The van der Waals surface area contributed by atoms with Crippen molar-refractivity contribution in [3.8, 4) is 11.5 Å². The lowest BCUT2D eigenvalue weighted by Crippen LogP contribution is -3.05. The van der Waals surface area contributed by atoms with E-state index in [4.69, 9.17) is 9.47 Å². The van der Waals surface area contributed by atoms with Crippen molar-refractivity contribution in [2.24, 2.45) is 0 Å². The van der Waals surface area contributed by atoms with Crippen LogP contribution in [0.2, 0.25) is 0 Å². The summed E-state index contributed by atoms with van der Waals surface area (Å²) in [5.74, 6) is -0.458. The first-order valence-corrected chi connectivity index (χ1v) is 11.4. The molecule has 7 heteroatoms. The van der Waals surface area contributed by atoms with Crippen LogP contribution in [0.5, 0.6) is 11.5 Å². The number of carbonyl (C=O) groups excluding carboxylic acids is 2. The van der Waals surface area contributed by atoms with Gasteiger partial charge in [-0.15, -0.1) is 0 Å². The fraction of sp³-hybridized carbons (Fsp3) is 0.385. The SMILES string of the molecule is CCOc1ccc(C([O-])=C2C(=O)C(=O)N(CCC[NH+](C)C)C2c2ccc(OCC)cc2)cc1. The maximum Gasteiger partial charge on any atom is 0.295 e. The molecular weight excluding hydrogens is 420 g/mol. The highest BCUT2D eigenvalue weighted by Crippen LogP contribution is 2.39. The Kier molecular flexibility index (Phi) is 8.11. The standard InChI is InChI=1S/C26H32N2O5/c1-5-32-20-12-8-18(9-13-20)23-22(24(29)19-10-14-21(15-11-19)33-6-2)25(30)26(31)28(23)17-7-16-27(3)4/h8-15,23,29H,5-7,16-17H2,1-4H3. The molecule has 1 aliphatic rings. The third-order valence-electron chi connectivity index (χ3n) is 5.54. The highest BCUT2D eigenvalue weighted by atomic mass is 16.5. The van der Waals surface area contributed by atoms with Gasteiger partial charge in [-0.1, -0.05) is 30.0 Å². The van der Waals surface area contributed by atoms with E-state index in [1.54, 1.807) is 36.4 Å². The Morgan fingerprint density at radius 3 is 2.00 bits per heavy atom. The highest BCUT2D eigenvalue weighted by molar-refractivity contribution is 6.46. The average Bonchev–Trinajstić information content (AvgIpc) is 3.05. The van der Waals surface area contributed by atoms with Crippen LogP contribution in [-0.4, -0.2) is 57.0 Å². The van der Waals surface area contributed by atoms with E-state index < -0.39 is 23.5 Å². The molecule has 1 atom stereocenters. The maximum absolute atomic E-state index is 13.4. The summed E-state index contributed by atoms with van der Waals surface area (Å²) < 4.78 is 11.0. The van der Waals surface area contributed by atoms with Gasteiger partial charge in [-0.25, -0.2) is 0 Å². The summed E-state index contributed by atoms with van der Waals surface area (Å²) in [4.78, 5) is 28.8. The fourth-order valence-electron chi connectivity index (χ4n) is 3.99. The van der Waals surface area contributed by atoms with Gasteiger partial charge in [0.15, 0.2) is 0 Å².